The summed E-state index contributed by atoms with van der Waals surface area (Å²) in [5, 5.41) is 4.21. The van der Waals surface area contributed by atoms with E-state index in [2.05, 4.69) is 17.1 Å². The summed E-state index contributed by atoms with van der Waals surface area (Å²) in [4.78, 5) is 4.69. The van der Waals surface area contributed by atoms with Crippen LogP contribution in [0.2, 0.25) is 0 Å². The molecule has 1 aromatic heterocycles. The van der Waals surface area contributed by atoms with Crippen molar-refractivity contribution in [2.75, 3.05) is 13.2 Å². The second kappa shape index (κ2) is 5.45. The Morgan fingerprint density at radius 2 is 1.85 bits per heavy atom. The standard InChI is InChI=1S/C15H25N3O2/c1-14(7-5-6-10-19-14)12-17-13(20-18-12)15(11-16)8-3-2-4-9-15/h2-11,16H2,1H3. The van der Waals surface area contributed by atoms with Gasteiger partial charge in [-0.25, -0.2) is 0 Å². The van der Waals surface area contributed by atoms with E-state index in [-0.39, 0.29) is 11.0 Å². The minimum Gasteiger partial charge on any atom is -0.367 e. The second-order valence-electron chi connectivity index (χ2n) is 6.50. The highest BCUT2D eigenvalue weighted by molar-refractivity contribution is 5.10. The molecule has 0 bridgehead atoms. The quantitative estimate of drug-likeness (QED) is 0.920. The smallest absolute Gasteiger partial charge is 0.234 e. The van der Waals surface area contributed by atoms with Crippen molar-refractivity contribution in [2.45, 2.75) is 69.3 Å². The molecule has 1 saturated heterocycles. The van der Waals surface area contributed by atoms with Crippen LogP contribution in [-0.4, -0.2) is 23.3 Å². The van der Waals surface area contributed by atoms with Crippen LogP contribution in [0.5, 0.6) is 0 Å². The first kappa shape index (κ1) is 14.0. The van der Waals surface area contributed by atoms with Crippen molar-refractivity contribution < 1.29 is 9.26 Å². The lowest BCUT2D eigenvalue weighted by Crippen LogP contribution is -2.38. The first-order chi connectivity index (χ1) is 9.69. The van der Waals surface area contributed by atoms with Crippen molar-refractivity contribution in [2.24, 2.45) is 5.73 Å². The van der Waals surface area contributed by atoms with Crippen LogP contribution in [0.3, 0.4) is 0 Å². The molecule has 1 saturated carbocycles. The lowest BCUT2D eigenvalue weighted by atomic mass is 9.74. The summed E-state index contributed by atoms with van der Waals surface area (Å²) in [5.74, 6) is 1.43. The monoisotopic (exact) mass is 279 g/mol. The number of hydrogen-bond donors (Lipinski definition) is 1. The molecule has 2 aliphatic rings. The lowest BCUT2D eigenvalue weighted by Gasteiger charge is -2.33. The third kappa shape index (κ3) is 2.37. The second-order valence-corrected chi connectivity index (χ2v) is 6.50. The van der Waals surface area contributed by atoms with E-state index in [4.69, 9.17) is 15.0 Å². The Balaban J connectivity index is 1.85. The Labute approximate surface area is 120 Å². The van der Waals surface area contributed by atoms with Crippen LogP contribution >= 0.6 is 0 Å². The zero-order valence-electron chi connectivity index (χ0n) is 12.4. The molecule has 5 nitrogen and oxygen atoms in total. The summed E-state index contributed by atoms with van der Waals surface area (Å²) >= 11 is 0. The number of nitrogens with two attached hydrogens (primary N) is 1. The average molecular weight is 279 g/mol. The fourth-order valence-electron chi connectivity index (χ4n) is 3.50. The molecule has 2 fully saturated rings. The van der Waals surface area contributed by atoms with E-state index < -0.39 is 0 Å². The number of ether oxygens (including phenoxy) is 1. The normalized spacial score (nSPS) is 30.3. The molecule has 112 valence electrons. The Morgan fingerprint density at radius 3 is 2.50 bits per heavy atom. The van der Waals surface area contributed by atoms with Gasteiger partial charge in [-0.15, -0.1) is 0 Å². The molecule has 2 heterocycles. The van der Waals surface area contributed by atoms with Gasteiger partial charge in [-0.05, 0) is 39.0 Å². The van der Waals surface area contributed by atoms with Gasteiger partial charge in [0.15, 0.2) is 0 Å². The van der Waals surface area contributed by atoms with Crippen LogP contribution < -0.4 is 5.73 Å². The SMILES string of the molecule is CC1(c2noc(C3(CN)CCCCC3)n2)CCCCO1. The van der Waals surface area contributed by atoms with Gasteiger partial charge in [0.25, 0.3) is 0 Å². The maximum Gasteiger partial charge on any atom is 0.234 e. The summed E-state index contributed by atoms with van der Waals surface area (Å²) in [6, 6.07) is 0. The molecule has 1 aliphatic heterocycles. The molecule has 0 amide bonds. The maximum atomic E-state index is 6.03. The number of nitrogens with zero attached hydrogens (tertiary/aromatic N) is 2. The van der Waals surface area contributed by atoms with E-state index in [1.807, 2.05) is 0 Å². The van der Waals surface area contributed by atoms with Crippen molar-refractivity contribution in [1.29, 1.82) is 0 Å². The van der Waals surface area contributed by atoms with E-state index in [0.717, 1.165) is 44.6 Å². The van der Waals surface area contributed by atoms with Gasteiger partial charge in [0, 0.05) is 13.2 Å². The van der Waals surface area contributed by atoms with Gasteiger partial charge < -0.3 is 15.0 Å². The van der Waals surface area contributed by atoms with Crippen LogP contribution in [0.25, 0.3) is 0 Å². The van der Waals surface area contributed by atoms with Crippen LogP contribution in [0.1, 0.15) is 70.0 Å². The minimum atomic E-state index is -0.384. The van der Waals surface area contributed by atoms with Crippen LogP contribution in [0, 0.1) is 0 Å². The van der Waals surface area contributed by atoms with Gasteiger partial charge in [0.1, 0.15) is 5.60 Å². The molecule has 0 radical (unpaired) electrons. The largest absolute Gasteiger partial charge is 0.367 e. The molecule has 0 spiro atoms. The maximum absolute atomic E-state index is 6.03. The molecule has 2 N–H and O–H groups in total. The first-order valence-corrected chi connectivity index (χ1v) is 7.87. The zero-order valence-corrected chi connectivity index (χ0v) is 12.4. The Kier molecular flexibility index (Phi) is 3.82. The predicted molar refractivity (Wildman–Crippen MR) is 75.3 cm³/mol. The van der Waals surface area contributed by atoms with Crippen molar-refractivity contribution >= 4 is 0 Å². The van der Waals surface area contributed by atoms with E-state index in [9.17, 15) is 0 Å². The van der Waals surface area contributed by atoms with E-state index in [1.54, 1.807) is 0 Å². The molecule has 5 heteroatoms. The molecular weight excluding hydrogens is 254 g/mol. The molecule has 1 unspecified atom stereocenters. The number of aromatic nitrogens is 2. The highest BCUT2D eigenvalue weighted by Gasteiger charge is 2.41. The van der Waals surface area contributed by atoms with E-state index >= 15 is 0 Å². The van der Waals surface area contributed by atoms with Gasteiger partial charge in [-0.1, -0.05) is 24.4 Å². The third-order valence-electron chi connectivity index (χ3n) is 5.02. The van der Waals surface area contributed by atoms with Crippen LogP contribution in [-0.2, 0) is 15.8 Å². The van der Waals surface area contributed by atoms with Gasteiger partial charge in [-0.3, -0.25) is 0 Å². The van der Waals surface area contributed by atoms with Crippen molar-refractivity contribution in [1.82, 2.24) is 10.1 Å². The Hall–Kier alpha value is -0.940. The number of hydrogen-bond acceptors (Lipinski definition) is 5. The Bertz CT molecular complexity index is 446. The van der Waals surface area contributed by atoms with Crippen molar-refractivity contribution in [3.05, 3.63) is 11.7 Å². The fraction of sp³-hybridized carbons (Fsp3) is 0.867. The highest BCUT2D eigenvalue weighted by Crippen LogP contribution is 2.39. The summed E-state index contributed by atoms with van der Waals surface area (Å²) in [5.41, 5.74) is 5.54. The summed E-state index contributed by atoms with van der Waals surface area (Å²) in [7, 11) is 0. The van der Waals surface area contributed by atoms with Crippen LogP contribution in [0.4, 0.5) is 0 Å². The van der Waals surface area contributed by atoms with Gasteiger partial charge >= 0.3 is 0 Å². The van der Waals surface area contributed by atoms with Crippen molar-refractivity contribution in [3.63, 3.8) is 0 Å². The lowest BCUT2D eigenvalue weighted by molar-refractivity contribution is -0.0770. The fourth-order valence-corrected chi connectivity index (χ4v) is 3.50. The number of rotatable bonds is 3. The molecule has 1 aromatic rings. The van der Waals surface area contributed by atoms with Gasteiger partial charge in [0.05, 0.1) is 5.41 Å². The molecule has 1 atom stereocenters. The predicted octanol–water partition coefficient (Wildman–Crippen LogP) is 2.65. The van der Waals surface area contributed by atoms with E-state index in [0.29, 0.717) is 12.4 Å². The molecule has 3 rings (SSSR count). The third-order valence-corrected chi connectivity index (χ3v) is 5.02. The van der Waals surface area contributed by atoms with Gasteiger partial charge in [0.2, 0.25) is 11.7 Å². The first-order valence-electron chi connectivity index (χ1n) is 7.87. The Morgan fingerprint density at radius 1 is 1.10 bits per heavy atom. The minimum absolute atomic E-state index is 0.103. The molecule has 1 aliphatic carbocycles. The molecular formula is C15H25N3O2. The summed E-state index contributed by atoms with van der Waals surface area (Å²) < 4.78 is 11.5. The highest BCUT2D eigenvalue weighted by atomic mass is 16.5. The van der Waals surface area contributed by atoms with Crippen molar-refractivity contribution in [3.8, 4) is 0 Å². The van der Waals surface area contributed by atoms with Gasteiger partial charge in [-0.2, -0.15) is 4.98 Å². The average Bonchev–Trinajstić information content (AvgIpc) is 3.00. The van der Waals surface area contributed by atoms with Crippen LogP contribution in [0.15, 0.2) is 4.52 Å². The molecule has 0 aromatic carbocycles. The molecule has 20 heavy (non-hydrogen) atoms. The topological polar surface area (TPSA) is 74.2 Å². The summed E-state index contributed by atoms with van der Waals surface area (Å²) in [6.45, 7) is 3.44. The summed E-state index contributed by atoms with van der Waals surface area (Å²) in [6.07, 6.45) is 9.03. The van der Waals surface area contributed by atoms with E-state index in [1.165, 1.54) is 19.3 Å². The zero-order chi connectivity index (χ0) is 14.1.